The number of hydrogen-bond donors (Lipinski definition) is 2. The Morgan fingerprint density at radius 1 is 1.27 bits per heavy atom. The van der Waals surface area contributed by atoms with Gasteiger partial charge in [0, 0.05) is 31.1 Å². The molecule has 2 amide bonds. The Kier molecular flexibility index (Phi) is 5.43. The van der Waals surface area contributed by atoms with E-state index >= 15 is 0 Å². The number of halogens is 2. The maximum Gasteiger partial charge on any atom is 0.239 e. The van der Waals surface area contributed by atoms with E-state index in [1.54, 1.807) is 0 Å². The molecule has 0 bridgehead atoms. The van der Waals surface area contributed by atoms with Crippen molar-refractivity contribution in [1.82, 2.24) is 10.6 Å². The van der Waals surface area contributed by atoms with E-state index in [0.717, 1.165) is 0 Å². The standard InChI is InChI=1S/C15H18F2N2O3/c1-22-6-5-18-13(20)8-19-15(21)10-7-9(10)14-11(16)3-2-4-12(14)17/h2-4,9-10H,5-8H2,1H3,(H,18,20)(H,19,21)/t9-,10+/m0/s1. The normalized spacial score (nSPS) is 19.6. The fourth-order valence-corrected chi connectivity index (χ4v) is 2.32. The molecule has 2 rings (SSSR count). The first-order valence-electron chi connectivity index (χ1n) is 7.01. The fraction of sp³-hybridized carbons (Fsp3) is 0.467. The minimum absolute atomic E-state index is 0.0489. The molecule has 0 spiro atoms. The third kappa shape index (κ3) is 4.00. The molecule has 0 unspecified atom stereocenters. The topological polar surface area (TPSA) is 67.4 Å². The number of rotatable bonds is 7. The Morgan fingerprint density at radius 2 is 1.95 bits per heavy atom. The van der Waals surface area contributed by atoms with Crippen LogP contribution in [0.4, 0.5) is 8.78 Å². The zero-order valence-electron chi connectivity index (χ0n) is 12.2. The van der Waals surface area contributed by atoms with Crippen molar-refractivity contribution < 1.29 is 23.1 Å². The molecule has 0 aromatic heterocycles. The molecule has 22 heavy (non-hydrogen) atoms. The van der Waals surface area contributed by atoms with Crippen molar-refractivity contribution in [1.29, 1.82) is 0 Å². The molecule has 0 aliphatic heterocycles. The number of benzene rings is 1. The van der Waals surface area contributed by atoms with Crippen LogP contribution in [0.15, 0.2) is 18.2 Å². The lowest BCUT2D eigenvalue weighted by atomic mass is 10.1. The predicted molar refractivity (Wildman–Crippen MR) is 75.1 cm³/mol. The van der Waals surface area contributed by atoms with Gasteiger partial charge in [-0.05, 0) is 18.6 Å². The van der Waals surface area contributed by atoms with Crippen LogP contribution in [0.5, 0.6) is 0 Å². The number of nitrogens with one attached hydrogen (secondary N) is 2. The maximum absolute atomic E-state index is 13.6. The third-order valence-electron chi connectivity index (χ3n) is 3.55. The Labute approximate surface area is 127 Å². The van der Waals surface area contributed by atoms with Gasteiger partial charge in [-0.3, -0.25) is 9.59 Å². The molecule has 0 saturated heterocycles. The van der Waals surface area contributed by atoms with Crippen LogP contribution in [0.1, 0.15) is 17.9 Å². The van der Waals surface area contributed by atoms with E-state index in [9.17, 15) is 18.4 Å². The van der Waals surface area contributed by atoms with Crippen LogP contribution >= 0.6 is 0 Å². The number of carbonyl (C=O) groups is 2. The lowest BCUT2D eigenvalue weighted by Crippen LogP contribution is -2.38. The first kappa shape index (κ1) is 16.4. The Balaban J connectivity index is 1.80. The molecule has 1 fully saturated rings. The van der Waals surface area contributed by atoms with Crippen LogP contribution < -0.4 is 10.6 Å². The predicted octanol–water partition coefficient (Wildman–Crippen LogP) is 0.947. The van der Waals surface area contributed by atoms with Crippen molar-refractivity contribution in [3.05, 3.63) is 35.4 Å². The summed E-state index contributed by atoms with van der Waals surface area (Å²) in [7, 11) is 1.52. The van der Waals surface area contributed by atoms with E-state index in [1.165, 1.54) is 25.3 Å². The summed E-state index contributed by atoms with van der Waals surface area (Å²) in [5.41, 5.74) is -0.0489. The van der Waals surface area contributed by atoms with Gasteiger partial charge in [0.2, 0.25) is 11.8 Å². The monoisotopic (exact) mass is 312 g/mol. The summed E-state index contributed by atoms with van der Waals surface area (Å²) in [6.45, 7) is 0.583. The van der Waals surface area contributed by atoms with Crippen molar-refractivity contribution in [3.8, 4) is 0 Å². The number of methoxy groups -OCH3 is 1. The fourth-order valence-electron chi connectivity index (χ4n) is 2.32. The molecule has 120 valence electrons. The molecule has 1 aliphatic rings. The molecule has 1 aromatic carbocycles. The van der Waals surface area contributed by atoms with Gasteiger partial charge in [-0.2, -0.15) is 0 Å². The molecule has 7 heteroatoms. The van der Waals surface area contributed by atoms with Crippen LogP contribution in [0, 0.1) is 17.6 Å². The molecule has 2 atom stereocenters. The Bertz CT molecular complexity index is 545. The summed E-state index contributed by atoms with van der Waals surface area (Å²) in [5.74, 6) is -2.93. The molecular weight excluding hydrogens is 294 g/mol. The van der Waals surface area contributed by atoms with Crippen molar-refractivity contribution in [2.75, 3.05) is 26.8 Å². The quantitative estimate of drug-likeness (QED) is 0.737. The van der Waals surface area contributed by atoms with Gasteiger partial charge < -0.3 is 15.4 Å². The van der Waals surface area contributed by atoms with Crippen molar-refractivity contribution in [2.24, 2.45) is 5.92 Å². The molecule has 2 N–H and O–H groups in total. The molecule has 1 aliphatic carbocycles. The van der Waals surface area contributed by atoms with Gasteiger partial charge in [-0.15, -0.1) is 0 Å². The smallest absolute Gasteiger partial charge is 0.239 e. The summed E-state index contributed by atoms with van der Waals surface area (Å²) in [6.07, 6.45) is 0.384. The van der Waals surface area contributed by atoms with Crippen LogP contribution in [0.25, 0.3) is 0 Å². The Hall–Kier alpha value is -2.02. The highest BCUT2D eigenvalue weighted by Crippen LogP contribution is 2.49. The SMILES string of the molecule is COCCNC(=O)CNC(=O)[C@@H]1C[C@@H]1c1c(F)cccc1F. The lowest BCUT2D eigenvalue weighted by molar-refractivity contribution is -0.126. The molecular formula is C15H18F2N2O3. The highest BCUT2D eigenvalue weighted by Gasteiger charge is 2.46. The highest BCUT2D eigenvalue weighted by atomic mass is 19.1. The van der Waals surface area contributed by atoms with Crippen molar-refractivity contribution >= 4 is 11.8 Å². The van der Waals surface area contributed by atoms with Crippen LogP contribution in [-0.2, 0) is 14.3 Å². The summed E-state index contributed by atoms with van der Waals surface area (Å²) < 4.78 is 32.0. The minimum Gasteiger partial charge on any atom is -0.383 e. The number of hydrogen-bond acceptors (Lipinski definition) is 3. The van der Waals surface area contributed by atoms with Gasteiger partial charge in [0.25, 0.3) is 0 Å². The number of ether oxygens (including phenoxy) is 1. The first-order chi connectivity index (χ1) is 10.5. The second-order valence-electron chi connectivity index (χ2n) is 5.14. The Morgan fingerprint density at radius 3 is 2.59 bits per heavy atom. The van der Waals surface area contributed by atoms with E-state index in [0.29, 0.717) is 19.6 Å². The largest absolute Gasteiger partial charge is 0.383 e. The van der Waals surface area contributed by atoms with Gasteiger partial charge >= 0.3 is 0 Å². The van der Waals surface area contributed by atoms with Gasteiger partial charge in [-0.1, -0.05) is 6.07 Å². The van der Waals surface area contributed by atoms with E-state index < -0.39 is 23.5 Å². The van der Waals surface area contributed by atoms with Crippen LogP contribution in [0.3, 0.4) is 0 Å². The highest BCUT2D eigenvalue weighted by molar-refractivity contribution is 5.87. The molecule has 1 aromatic rings. The molecule has 0 heterocycles. The summed E-state index contributed by atoms with van der Waals surface area (Å²) >= 11 is 0. The second kappa shape index (κ2) is 7.31. The summed E-state index contributed by atoms with van der Waals surface area (Å²) in [4.78, 5) is 23.3. The number of carbonyl (C=O) groups excluding carboxylic acids is 2. The van der Waals surface area contributed by atoms with E-state index in [1.807, 2.05) is 0 Å². The molecule has 0 radical (unpaired) electrons. The van der Waals surface area contributed by atoms with E-state index in [2.05, 4.69) is 10.6 Å². The van der Waals surface area contributed by atoms with E-state index in [4.69, 9.17) is 4.74 Å². The average molecular weight is 312 g/mol. The van der Waals surface area contributed by atoms with E-state index in [-0.39, 0.29) is 23.9 Å². The van der Waals surface area contributed by atoms with Gasteiger partial charge in [-0.25, -0.2) is 8.78 Å². The van der Waals surface area contributed by atoms with Crippen molar-refractivity contribution in [3.63, 3.8) is 0 Å². The summed E-state index contributed by atoms with van der Waals surface area (Å²) in [5, 5.41) is 5.03. The zero-order chi connectivity index (χ0) is 16.1. The maximum atomic E-state index is 13.6. The van der Waals surface area contributed by atoms with Crippen molar-refractivity contribution in [2.45, 2.75) is 12.3 Å². The molecule has 1 saturated carbocycles. The van der Waals surface area contributed by atoms with Crippen LogP contribution in [-0.4, -0.2) is 38.6 Å². The van der Waals surface area contributed by atoms with Gasteiger partial charge in [0.1, 0.15) is 11.6 Å². The van der Waals surface area contributed by atoms with Crippen LogP contribution in [0.2, 0.25) is 0 Å². The van der Waals surface area contributed by atoms with Gasteiger partial charge in [0.05, 0.1) is 13.2 Å². The minimum atomic E-state index is -0.641. The zero-order valence-corrected chi connectivity index (χ0v) is 12.2. The summed E-state index contributed by atoms with van der Waals surface area (Å²) in [6, 6.07) is 3.64. The average Bonchev–Trinajstić information content (AvgIpc) is 3.25. The lowest BCUT2D eigenvalue weighted by Gasteiger charge is -2.07. The molecule has 5 nitrogen and oxygen atoms in total. The van der Waals surface area contributed by atoms with Gasteiger partial charge in [0.15, 0.2) is 0 Å². The number of amides is 2. The second-order valence-corrected chi connectivity index (χ2v) is 5.14. The first-order valence-corrected chi connectivity index (χ1v) is 7.01. The third-order valence-corrected chi connectivity index (χ3v) is 3.55.